The highest BCUT2D eigenvalue weighted by Gasteiger charge is 2.18. The van der Waals surface area contributed by atoms with Crippen LogP contribution in [0.15, 0.2) is 97.6 Å². The summed E-state index contributed by atoms with van der Waals surface area (Å²) in [5, 5.41) is 0. The molecule has 6 heteroatoms. The molecule has 0 heterocycles. The minimum absolute atomic E-state index is 0.0683. The standard InChI is InChI=1S/C34H42O6/c1-3-14-28(4-2)19-11-22-32(35)38-26-25-31(40-34(37)24-13-21-30-17-9-6-10-18-30)27-39-33(36)23-12-20-29-15-7-5-8-16-29/h3-10,14-18,31H,1-2,11-13,19-27H2/b28-14+. The van der Waals surface area contributed by atoms with Gasteiger partial charge in [0.05, 0.1) is 6.61 Å². The van der Waals surface area contributed by atoms with Crippen LogP contribution in [0.3, 0.4) is 0 Å². The summed E-state index contributed by atoms with van der Waals surface area (Å²) in [6.45, 7) is 7.43. The minimum atomic E-state index is -0.682. The molecule has 0 saturated heterocycles. The van der Waals surface area contributed by atoms with Crippen molar-refractivity contribution in [1.29, 1.82) is 0 Å². The van der Waals surface area contributed by atoms with E-state index in [0.717, 1.165) is 29.5 Å². The third-order valence-corrected chi connectivity index (χ3v) is 6.25. The molecule has 0 aliphatic heterocycles. The van der Waals surface area contributed by atoms with Gasteiger partial charge >= 0.3 is 17.9 Å². The molecule has 0 aliphatic carbocycles. The lowest BCUT2D eigenvalue weighted by Gasteiger charge is -2.18. The summed E-state index contributed by atoms with van der Waals surface area (Å²) in [4.78, 5) is 37.0. The zero-order chi connectivity index (χ0) is 28.8. The van der Waals surface area contributed by atoms with Gasteiger partial charge in [0.15, 0.2) is 0 Å². The first-order valence-electron chi connectivity index (χ1n) is 14.0. The third kappa shape index (κ3) is 14.9. The highest BCUT2D eigenvalue weighted by atomic mass is 16.6. The van der Waals surface area contributed by atoms with Gasteiger partial charge in [0.25, 0.3) is 0 Å². The maximum atomic E-state index is 12.5. The number of benzene rings is 2. The predicted octanol–water partition coefficient (Wildman–Crippen LogP) is 6.89. The fourth-order valence-corrected chi connectivity index (χ4v) is 4.06. The van der Waals surface area contributed by atoms with Gasteiger partial charge in [-0.15, -0.1) is 0 Å². The molecule has 0 saturated carbocycles. The number of carbonyl (C=O) groups is 3. The monoisotopic (exact) mass is 546 g/mol. The lowest BCUT2D eigenvalue weighted by molar-refractivity contribution is -0.161. The SMILES string of the molecule is C=C/C=C(\C=C)CCCC(=O)OCCC(COC(=O)CCCc1ccccc1)OC(=O)CCCc1ccccc1. The highest BCUT2D eigenvalue weighted by Crippen LogP contribution is 2.12. The van der Waals surface area contributed by atoms with E-state index in [2.05, 4.69) is 13.2 Å². The summed E-state index contributed by atoms with van der Waals surface area (Å²) in [5.74, 6) is -1.03. The summed E-state index contributed by atoms with van der Waals surface area (Å²) in [6.07, 6.45) is 9.85. The second-order valence-corrected chi connectivity index (χ2v) is 9.52. The Morgan fingerprint density at radius 1 is 0.700 bits per heavy atom. The summed E-state index contributed by atoms with van der Waals surface area (Å²) in [6, 6.07) is 19.9. The van der Waals surface area contributed by atoms with Crippen LogP contribution < -0.4 is 0 Å². The van der Waals surface area contributed by atoms with Crippen molar-refractivity contribution in [2.24, 2.45) is 0 Å². The van der Waals surface area contributed by atoms with Gasteiger partial charge in [0, 0.05) is 25.7 Å². The van der Waals surface area contributed by atoms with E-state index >= 15 is 0 Å². The van der Waals surface area contributed by atoms with E-state index in [1.807, 2.05) is 66.7 Å². The summed E-state index contributed by atoms with van der Waals surface area (Å²) in [5.41, 5.74) is 3.33. The van der Waals surface area contributed by atoms with Crippen LogP contribution in [0.4, 0.5) is 0 Å². The van der Waals surface area contributed by atoms with Crippen molar-refractivity contribution >= 4 is 17.9 Å². The number of esters is 3. The van der Waals surface area contributed by atoms with Crippen LogP contribution in [0.2, 0.25) is 0 Å². The first kappa shape index (κ1) is 32.3. The number of allylic oxidation sites excluding steroid dienone is 4. The van der Waals surface area contributed by atoms with Crippen molar-refractivity contribution in [3.05, 3.63) is 109 Å². The molecule has 1 unspecified atom stereocenters. The highest BCUT2D eigenvalue weighted by molar-refractivity contribution is 5.70. The van der Waals surface area contributed by atoms with E-state index in [0.29, 0.717) is 25.7 Å². The summed E-state index contributed by atoms with van der Waals surface area (Å²) < 4.78 is 16.4. The largest absolute Gasteiger partial charge is 0.466 e. The molecule has 0 aliphatic rings. The van der Waals surface area contributed by atoms with E-state index in [4.69, 9.17) is 14.2 Å². The van der Waals surface area contributed by atoms with Gasteiger partial charge in [-0.1, -0.05) is 92.0 Å². The molecule has 0 bridgehead atoms. The first-order valence-corrected chi connectivity index (χ1v) is 14.0. The third-order valence-electron chi connectivity index (χ3n) is 6.25. The molecular formula is C34H42O6. The first-order chi connectivity index (χ1) is 19.5. The number of hydrogen-bond acceptors (Lipinski definition) is 6. The van der Waals surface area contributed by atoms with Crippen molar-refractivity contribution in [3.63, 3.8) is 0 Å². The fraction of sp³-hybridized carbons (Fsp3) is 0.382. The Morgan fingerprint density at radius 3 is 1.82 bits per heavy atom. The van der Waals surface area contributed by atoms with Crippen LogP contribution in [0, 0.1) is 0 Å². The molecule has 0 radical (unpaired) electrons. The molecule has 1 atom stereocenters. The maximum absolute atomic E-state index is 12.5. The molecule has 0 fully saturated rings. The summed E-state index contributed by atoms with van der Waals surface area (Å²) >= 11 is 0. The van der Waals surface area contributed by atoms with Gasteiger partial charge in [-0.3, -0.25) is 14.4 Å². The van der Waals surface area contributed by atoms with Crippen LogP contribution in [0.1, 0.15) is 62.5 Å². The Labute approximate surface area is 238 Å². The molecule has 0 aromatic heterocycles. The van der Waals surface area contributed by atoms with Gasteiger partial charge in [-0.25, -0.2) is 0 Å². The van der Waals surface area contributed by atoms with Crippen molar-refractivity contribution in [3.8, 4) is 0 Å². The molecule has 6 nitrogen and oxygen atoms in total. The second kappa shape index (κ2) is 20.0. The Morgan fingerprint density at radius 2 is 1.25 bits per heavy atom. The quantitative estimate of drug-likeness (QED) is 0.102. The Bertz CT molecular complexity index is 1070. The Balaban J connectivity index is 1.77. The van der Waals surface area contributed by atoms with E-state index < -0.39 is 6.10 Å². The van der Waals surface area contributed by atoms with Crippen LogP contribution >= 0.6 is 0 Å². The molecule has 40 heavy (non-hydrogen) atoms. The van der Waals surface area contributed by atoms with Crippen molar-refractivity contribution < 1.29 is 28.6 Å². The van der Waals surface area contributed by atoms with Crippen LogP contribution in [0.5, 0.6) is 0 Å². The fourth-order valence-electron chi connectivity index (χ4n) is 4.06. The van der Waals surface area contributed by atoms with Gasteiger partial charge in [-0.2, -0.15) is 0 Å². The van der Waals surface area contributed by atoms with Gasteiger partial charge < -0.3 is 14.2 Å². The normalized spacial score (nSPS) is 11.8. The molecule has 0 spiro atoms. The van der Waals surface area contributed by atoms with E-state index in [9.17, 15) is 14.4 Å². The molecular weight excluding hydrogens is 504 g/mol. The average Bonchev–Trinajstić information content (AvgIpc) is 2.96. The van der Waals surface area contributed by atoms with Gasteiger partial charge in [0.1, 0.15) is 12.7 Å². The van der Waals surface area contributed by atoms with Crippen molar-refractivity contribution in [1.82, 2.24) is 0 Å². The van der Waals surface area contributed by atoms with Crippen LogP contribution in [-0.2, 0) is 41.4 Å². The lowest BCUT2D eigenvalue weighted by Crippen LogP contribution is -2.27. The Hall–Kier alpha value is -3.93. The number of aryl methyl sites for hydroxylation is 2. The zero-order valence-electron chi connectivity index (χ0n) is 23.4. The average molecular weight is 547 g/mol. The molecule has 2 rings (SSSR count). The number of carbonyl (C=O) groups excluding carboxylic acids is 3. The number of hydrogen-bond donors (Lipinski definition) is 0. The van der Waals surface area contributed by atoms with Crippen molar-refractivity contribution in [2.45, 2.75) is 70.3 Å². The molecule has 0 N–H and O–H groups in total. The molecule has 214 valence electrons. The van der Waals surface area contributed by atoms with Gasteiger partial charge in [0.2, 0.25) is 0 Å². The zero-order valence-corrected chi connectivity index (χ0v) is 23.4. The minimum Gasteiger partial charge on any atom is -0.466 e. The van der Waals surface area contributed by atoms with Gasteiger partial charge in [-0.05, 0) is 55.2 Å². The van der Waals surface area contributed by atoms with E-state index in [1.165, 1.54) is 0 Å². The molecule has 0 amide bonds. The van der Waals surface area contributed by atoms with E-state index in [1.54, 1.807) is 12.2 Å². The smallest absolute Gasteiger partial charge is 0.306 e. The van der Waals surface area contributed by atoms with Crippen LogP contribution in [0.25, 0.3) is 0 Å². The molecule has 2 aromatic carbocycles. The Kier molecular flexibility index (Phi) is 16.2. The molecule has 2 aromatic rings. The maximum Gasteiger partial charge on any atom is 0.306 e. The lowest BCUT2D eigenvalue weighted by atomic mass is 10.1. The predicted molar refractivity (Wildman–Crippen MR) is 158 cm³/mol. The summed E-state index contributed by atoms with van der Waals surface area (Å²) in [7, 11) is 0. The number of rotatable bonds is 20. The van der Waals surface area contributed by atoms with E-state index in [-0.39, 0.29) is 56.8 Å². The van der Waals surface area contributed by atoms with Crippen molar-refractivity contribution in [2.75, 3.05) is 13.2 Å². The van der Waals surface area contributed by atoms with Crippen LogP contribution in [-0.4, -0.2) is 37.2 Å². The second-order valence-electron chi connectivity index (χ2n) is 9.52. The topological polar surface area (TPSA) is 78.9 Å². The number of ether oxygens (including phenoxy) is 3.